The highest BCUT2D eigenvalue weighted by molar-refractivity contribution is 5.79. The Balaban J connectivity index is 1.81. The van der Waals surface area contributed by atoms with Crippen LogP contribution in [0.25, 0.3) is 0 Å². The van der Waals surface area contributed by atoms with E-state index in [-0.39, 0.29) is 17.9 Å². The van der Waals surface area contributed by atoms with Crippen molar-refractivity contribution in [1.82, 2.24) is 5.32 Å². The van der Waals surface area contributed by atoms with Gasteiger partial charge in [-0.3, -0.25) is 4.79 Å². The average Bonchev–Trinajstić information content (AvgIpc) is 3.07. The van der Waals surface area contributed by atoms with Crippen LogP contribution < -0.4 is 11.1 Å². The molecule has 2 atom stereocenters. The molecule has 0 radical (unpaired) electrons. The summed E-state index contributed by atoms with van der Waals surface area (Å²) < 4.78 is 0. The number of nitrogens with one attached hydrogen (secondary N) is 1. The summed E-state index contributed by atoms with van der Waals surface area (Å²) in [5.41, 5.74) is 6.43. The Morgan fingerprint density at radius 2 is 2.00 bits per heavy atom. The highest BCUT2D eigenvalue weighted by atomic mass is 16.1. The first kappa shape index (κ1) is 12.9. The smallest absolute Gasteiger partial charge is 0.224 e. The van der Waals surface area contributed by atoms with Crippen LogP contribution in [0.3, 0.4) is 0 Å². The van der Waals surface area contributed by atoms with E-state index in [2.05, 4.69) is 19.2 Å². The summed E-state index contributed by atoms with van der Waals surface area (Å²) in [6.07, 6.45) is 6.85. The molecule has 2 saturated carbocycles. The summed E-state index contributed by atoms with van der Waals surface area (Å²) in [5, 5.41) is 3.15. The molecule has 0 aliphatic heterocycles. The minimum absolute atomic E-state index is 0.0618. The van der Waals surface area contributed by atoms with Crippen molar-refractivity contribution < 1.29 is 4.79 Å². The van der Waals surface area contributed by atoms with Crippen molar-refractivity contribution in [3.8, 4) is 0 Å². The Hall–Kier alpha value is -0.570. The van der Waals surface area contributed by atoms with Crippen molar-refractivity contribution >= 4 is 5.91 Å². The fraction of sp³-hybridized carbons (Fsp3) is 0.929. The van der Waals surface area contributed by atoms with E-state index in [1.807, 2.05) is 0 Å². The minimum Gasteiger partial charge on any atom is -0.355 e. The molecule has 3 N–H and O–H groups in total. The van der Waals surface area contributed by atoms with Gasteiger partial charge in [0.1, 0.15) is 0 Å². The molecule has 2 fully saturated rings. The fourth-order valence-corrected chi connectivity index (χ4v) is 3.00. The third-order valence-corrected chi connectivity index (χ3v) is 4.89. The summed E-state index contributed by atoms with van der Waals surface area (Å²) in [6.45, 7) is 5.36. The van der Waals surface area contributed by atoms with Crippen molar-refractivity contribution in [2.75, 3.05) is 6.54 Å². The molecule has 3 nitrogen and oxygen atoms in total. The number of amides is 1. The lowest BCUT2D eigenvalue weighted by molar-refractivity contribution is -0.126. The maximum Gasteiger partial charge on any atom is 0.224 e. The molecule has 0 saturated heterocycles. The molecule has 98 valence electrons. The third-order valence-electron chi connectivity index (χ3n) is 4.89. The van der Waals surface area contributed by atoms with Gasteiger partial charge in [0, 0.05) is 12.6 Å². The van der Waals surface area contributed by atoms with Crippen molar-refractivity contribution in [1.29, 1.82) is 0 Å². The molecule has 0 bridgehead atoms. The Labute approximate surface area is 105 Å². The quantitative estimate of drug-likeness (QED) is 0.787. The second-order valence-electron chi connectivity index (χ2n) is 6.29. The lowest BCUT2D eigenvalue weighted by Gasteiger charge is -2.29. The summed E-state index contributed by atoms with van der Waals surface area (Å²) in [6, 6.07) is 0.0814. The maximum atomic E-state index is 12.1. The van der Waals surface area contributed by atoms with Crippen LogP contribution in [0.1, 0.15) is 52.4 Å². The van der Waals surface area contributed by atoms with Gasteiger partial charge >= 0.3 is 0 Å². The van der Waals surface area contributed by atoms with Gasteiger partial charge in [0.15, 0.2) is 0 Å². The van der Waals surface area contributed by atoms with E-state index in [9.17, 15) is 4.79 Å². The molecule has 17 heavy (non-hydrogen) atoms. The molecule has 1 amide bonds. The van der Waals surface area contributed by atoms with Crippen LogP contribution in [0, 0.1) is 17.3 Å². The number of carbonyl (C=O) groups is 1. The maximum absolute atomic E-state index is 12.1. The molecule has 2 rings (SSSR count). The van der Waals surface area contributed by atoms with E-state index < -0.39 is 0 Å². The van der Waals surface area contributed by atoms with Crippen molar-refractivity contribution in [2.24, 2.45) is 23.0 Å². The summed E-state index contributed by atoms with van der Waals surface area (Å²) >= 11 is 0. The Morgan fingerprint density at radius 3 is 2.53 bits per heavy atom. The monoisotopic (exact) mass is 238 g/mol. The highest BCUT2D eigenvalue weighted by Crippen LogP contribution is 2.51. The van der Waals surface area contributed by atoms with Gasteiger partial charge in [0.05, 0.1) is 5.92 Å². The van der Waals surface area contributed by atoms with Gasteiger partial charge in [-0.1, -0.05) is 26.7 Å². The number of carbonyl (C=O) groups excluding carboxylic acids is 1. The van der Waals surface area contributed by atoms with E-state index in [4.69, 9.17) is 5.73 Å². The Kier molecular flexibility index (Phi) is 3.76. The molecule has 2 unspecified atom stereocenters. The average molecular weight is 238 g/mol. The zero-order valence-corrected chi connectivity index (χ0v) is 11.2. The van der Waals surface area contributed by atoms with Gasteiger partial charge in [-0.25, -0.2) is 0 Å². The normalized spacial score (nSPS) is 31.3. The van der Waals surface area contributed by atoms with Crippen molar-refractivity contribution in [2.45, 2.75) is 58.4 Å². The number of hydrogen-bond donors (Lipinski definition) is 2. The summed E-state index contributed by atoms with van der Waals surface area (Å²) in [7, 11) is 0. The predicted octanol–water partition coefficient (Wildman–Crippen LogP) is 2.06. The van der Waals surface area contributed by atoms with Crippen LogP contribution in [0.4, 0.5) is 0 Å². The Bertz CT molecular complexity index is 284. The highest BCUT2D eigenvalue weighted by Gasteiger charge is 2.45. The number of nitrogens with two attached hydrogens (primary N) is 1. The zero-order valence-electron chi connectivity index (χ0n) is 11.2. The molecule has 0 spiro atoms. The second-order valence-corrected chi connectivity index (χ2v) is 6.29. The molecule has 2 aliphatic rings. The third kappa shape index (κ3) is 2.82. The van der Waals surface area contributed by atoms with Crippen LogP contribution in [-0.4, -0.2) is 18.5 Å². The molecule has 3 heteroatoms. The van der Waals surface area contributed by atoms with E-state index in [1.165, 1.54) is 19.3 Å². The standard InChI is InChI=1S/C14H26N2O/c1-10(2)14(7-8-14)9-16-13(17)11-5-3-4-6-12(11)15/h10-12H,3-9,15H2,1-2H3,(H,16,17). The molecule has 0 heterocycles. The fourth-order valence-electron chi connectivity index (χ4n) is 3.00. The molecular formula is C14H26N2O. The van der Waals surface area contributed by atoms with E-state index in [0.717, 1.165) is 25.8 Å². The first-order chi connectivity index (χ1) is 8.05. The van der Waals surface area contributed by atoms with Gasteiger partial charge in [-0.05, 0) is 37.0 Å². The topological polar surface area (TPSA) is 55.1 Å². The SMILES string of the molecule is CC(C)C1(CNC(=O)C2CCCCC2N)CC1. The Morgan fingerprint density at radius 1 is 1.35 bits per heavy atom. The summed E-state index contributed by atoms with van der Waals surface area (Å²) in [5.74, 6) is 0.929. The first-order valence-corrected chi connectivity index (χ1v) is 7.08. The van der Waals surface area contributed by atoms with Crippen LogP contribution in [0.5, 0.6) is 0 Å². The number of hydrogen-bond acceptors (Lipinski definition) is 2. The molecule has 0 aromatic heterocycles. The van der Waals surface area contributed by atoms with Gasteiger partial charge in [0.2, 0.25) is 5.91 Å². The molecule has 2 aliphatic carbocycles. The molecule has 0 aromatic rings. The van der Waals surface area contributed by atoms with E-state index >= 15 is 0 Å². The van der Waals surface area contributed by atoms with Gasteiger partial charge in [-0.15, -0.1) is 0 Å². The van der Waals surface area contributed by atoms with Crippen LogP contribution in [-0.2, 0) is 4.79 Å². The van der Waals surface area contributed by atoms with Crippen LogP contribution >= 0.6 is 0 Å². The van der Waals surface area contributed by atoms with Crippen LogP contribution in [0.2, 0.25) is 0 Å². The molecule has 0 aromatic carbocycles. The second kappa shape index (κ2) is 4.97. The van der Waals surface area contributed by atoms with E-state index in [0.29, 0.717) is 11.3 Å². The minimum atomic E-state index is 0.0618. The van der Waals surface area contributed by atoms with Gasteiger partial charge in [0.25, 0.3) is 0 Å². The summed E-state index contributed by atoms with van der Waals surface area (Å²) in [4.78, 5) is 12.1. The van der Waals surface area contributed by atoms with Crippen molar-refractivity contribution in [3.05, 3.63) is 0 Å². The number of rotatable bonds is 4. The largest absolute Gasteiger partial charge is 0.355 e. The van der Waals surface area contributed by atoms with Crippen molar-refractivity contribution in [3.63, 3.8) is 0 Å². The van der Waals surface area contributed by atoms with Crippen LogP contribution in [0.15, 0.2) is 0 Å². The van der Waals surface area contributed by atoms with Gasteiger partial charge in [-0.2, -0.15) is 0 Å². The van der Waals surface area contributed by atoms with Gasteiger partial charge < -0.3 is 11.1 Å². The predicted molar refractivity (Wildman–Crippen MR) is 69.4 cm³/mol. The molecular weight excluding hydrogens is 212 g/mol. The first-order valence-electron chi connectivity index (χ1n) is 7.08. The zero-order chi connectivity index (χ0) is 12.5. The lowest BCUT2D eigenvalue weighted by Crippen LogP contribution is -2.45. The lowest BCUT2D eigenvalue weighted by atomic mass is 9.84. The van der Waals surface area contributed by atoms with E-state index in [1.54, 1.807) is 0 Å².